The molecule has 0 bridgehead atoms. The Morgan fingerprint density at radius 1 is 1.10 bits per heavy atom. The minimum Gasteiger partial charge on any atom is -0.381 e. The average molecular weight is 308 g/mol. The number of benzene rings is 1. The third-order valence-electron chi connectivity index (χ3n) is 4.49. The van der Waals surface area contributed by atoms with E-state index in [-0.39, 0.29) is 23.7 Å². The molecule has 2 aliphatic rings. The fourth-order valence-electron chi connectivity index (χ4n) is 3.44. The molecule has 4 nitrogen and oxygen atoms in total. The first-order chi connectivity index (χ1) is 10.1. The van der Waals surface area contributed by atoms with Gasteiger partial charge < -0.3 is 4.74 Å². The molecule has 0 radical (unpaired) electrons. The number of imide groups is 1. The van der Waals surface area contributed by atoms with Crippen molar-refractivity contribution in [2.45, 2.75) is 25.2 Å². The second-order valence-electron chi connectivity index (χ2n) is 5.76. The second kappa shape index (κ2) is 6.16. The lowest BCUT2D eigenvalue weighted by molar-refractivity contribution is -0.138. The Labute approximate surface area is 128 Å². The van der Waals surface area contributed by atoms with Crippen LogP contribution in [0.25, 0.3) is 0 Å². The summed E-state index contributed by atoms with van der Waals surface area (Å²) < 4.78 is 5.40. The Morgan fingerprint density at radius 3 is 2.43 bits per heavy atom. The molecule has 2 atom stereocenters. The predicted octanol–water partition coefficient (Wildman–Crippen LogP) is 2.51. The van der Waals surface area contributed by atoms with Crippen molar-refractivity contribution >= 4 is 23.4 Å². The van der Waals surface area contributed by atoms with Crippen LogP contribution in [0.3, 0.4) is 0 Å². The van der Waals surface area contributed by atoms with Gasteiger partial charge in [0.25, 0.3) is 0 Å². The molecule has 5 heteroatoms. The summed E-state index contributed by atoms with van der Waals surface area (Å²) in [4.78, 5) is 24.1. The number of hydrogen-bond donors (Lipinski definition) is 1. The molecule has 1 aromatic rings. The Morgan fingerprint density at radius 2 is 1.76 bits per heavy atom. The van der Waals surface area contributed by atoms with E-state index in [4.69, 9.17) is 16.3 Å². The number of rotatable bonds is 2. The van der Waals surface area contributed by atoms with E-state index >= 15 is 0 Å². The summed E-state index contributed by atoms with van der Waals surface area (Å²) in [5.41, 5.74) is 0.931. The van der Waals surface area contributed by atoms with Crippen LogP contribution in [-0.4, -0.2) is 25.0 Å². The van der Waals surface area contributed by atoms with Crippen LogP contribution in [0.4, 0.5) is 0 Å². The maximum Gasteiger partial charge on any atom is 0.234 e. The van der Waals surface area contributed by atoms with E-state index in [1.54, 1.807) is 12.1 Å². The van der Waals surface area contributed by atoms with E-state index in [2.05, 4.69) is 5.32 Å². The molecule has 21 heavy (non-hydrogen) atoms. The molecule has 2 heterocycles. The van der Waals surface area contributed by atoms with E-state index in [0.717, 1.165) is 18.4 Å². The van der Waals surface area contributed by atoms with Gasteiger partial charge in [-0.05, 0) is 42.4 Å². The van der Waals surface area contributed by atoms with Crippen LogP contribution in [0, 0.1) is 11.8 Å². The van der Waals surface area contributed by atoms with Crippen LogP contribution in [0.2, 0.25) is 5.02 Å². The first-order valence-corrected chi connectivity index (χ1v) is 7.70. The zero-order valence-corrected chi connectivity index (χ0v) is 12.4. The largest absolute Gasteiger partial charge is 0.381 e. The number of halogens is 1. The zero-order valence-electron chi connectivity index (χ0n) is 11.7. The minimum absolute atomic E-state index is 0.0522. The van der Waals surface area contributed by atoms with Gasteiger partial charge in [-0.3, -0.25) is 14.9 Å². The lowest BCUT2D eigenvalue weighted by Crippen LogP contribution is -2.47. The molecule has 3 rings (SSSR count). The Hall–Kier alpha value is -1.39. The minimum atomic E-state index is -0.275. The molecule has 2 amide bonds. The number of carbonyl (C=O) groups excluding carboxylic acids is 2. The Kier molecular flexibility index (Phi) is 4.27. The summed E-state index contributed by atoms with van der Waals surface area (Å²) in [7, 11) is 0. The number of piperidine rings is 1. The lowest BCUT2D eigenvalue weighted by atomic mass is 9.71. The molecule has 1 N–H and O–H groups in total. The summed E-state index contributed by atoms with van der Waals surface area (Å²) in [5, 5.41) is 3.12. The van der Waals surface area contributed by atoms with Crippen LogP contribution in [0.1, 0.15) is 30.7 Å². The van der Waals surface area contributed by atoms with Gasteiger partial charge in [0.05, 0.1) is 5.92 Å². The fourth-order valence-corrected chi connectivity index (χ4v) is 3.57. The van der Waals surface area contributed by atoms with Crippen molar-refractivity contribution < 1.29 is 14.3 Å². The Bertz CT molecular complexity index is 537. The zero-order chi connectivity index (χ0) is 14.8. The van der Waals surface area contributed by atoms with E-state index in [1.807, 2.05) is 12.1 Å². The highest BCUT2D eigenvalue weighted by molar-refractivity contribution is 6.30. The third kappa shape index (κ3) is 3.11. The number of hydrogen-bond acceptors (Lipinski definition) is 3. The molecule has 0 saturated carbocycles. The van der Waals surface area contributed by atoms with E-state index in [0.29, 0.717) is 30.6 Å². The molecule has 2 fully saturated rings. The SMILES string of the molecule is O=C1CC(C2CCOCC2)C(c2ccc(Cl)cc2)C(=O)N1. The molecule has 2 unspecified atom stereocenters. The first kappa shape index (κ1) is 14.5. The smallest absolute Gasteiger partial charge is 0.234 e. The maximum atomic E-state index is 12.3. The predicted molar refractivity (Wildman–Crippen MR) is 79.0 cm³/mol. The molecule has 2 saturated heterocycles. The van der Waals surface area contributed by atoms with Crippen molar-refractivity contribution in [2.24, 2.45) is 11.8 Å². The van der Waals surface area contributed by atoms with Gasteiger partial charge in [-0.2, -0.15) is 0 Å². The standard InChI is InChI=1S/C16H18ClNO3/c17-12-3-1-11(2-4-12)15-13(9-14(19)18-16(15)20)10-5-7-21-8-6-10/h1-4,10,13,15H,5-9H2,(H,18,19,20). The fraction of sp³-hybridized carbons (Fsp3) is 0.500. The normalized spacial score (nSPS) is 27.5. The molecule has 0 aromatic heterocycles. The monoisotopic (exact) mass is 307 g/mol. The van der Waals surface area contributed by atoms with Crippen molar-refractivity contribution in [1.29, 1.82) is 0 Å². The van der Waals surface area contributed by atoms with E-state index < -0.39 is 0 Å². The maximum absolute atomic E-state index is 12.3. The summed E-state index contributed by atoms with van der Waals surface area (Å²) in [6.45, 7) is 1.43. The highest BCUT2D eigenvalue weighted by Crippen LogP contribution is 2.40. The molecule has 2 aliphatic heterocycles. The second-order valence-corrected chi connectivity index (χ2v) is 6.20. The molecule has 0 spiro atoms. The Balaban J connectivity index is 1.90. The third-order valence-corrected chi connectivity index (χ3v) is 4.75. The summed E-state index contributed by atoms with van der Waals surface area (Å²) >= 11 is 5.92. The molecular weight excluding hydrogens is 290 g/mol. The number of ether oxygens (including phenoxy) is 1. The van der Waals surface area contributed by atoms with Crippen LogP contribution in [0.15, 0.2) is 24.3 Å². The van der Waals surface area contributed by atoms with Gasteiger partial charge >= 0.3 is 0 Å². The van der Waals surface area contributed by atoms with Crippen molar-refractivity contribution in [3.05, 3.63) is 34.9 Å². The van der Waals surface area contributed by atoms with Gasteiger partial charge in [0.2, 0.25) is 11.8 Å². The highest BCUT2D eigenvalue weighted by Gasteiger charge is 2.41. The summed E-state index contributed by atoms with van der Waals surface area (Å²) in [6.07, 6.45) is 2.23. The van der Waals surface area contributed by atoms with Gasteiger partial charge in [-0.15, -0.1) is 0 Å². The number of amides is 2. The molecule has 1 aromatic carbocycles. The average Bonchev–Trinajstić information content (AvgIpc) is 2.49. The van der Waals surface area contributed by atoms with Crippen molar-refractivity contribution in [2.75, 3.05) is 13.2 Å². The topological polar surface area (TPSA) is 55.4 Å². The lowest BCUT2D eigenvalue weighted by Gasteiger charge is -2.37. The molecule has 112 valence electrons. The first-order valence-electron chi connectivity index (χ1n) is 7.32. The van der Waals surface area contributed by atoms with E-state index in [1.165, 1.54) is 0 Å². The van der Waals surface area contributed by atoms with Gasteiger partial charge in [0.15, 0.2) is 0 Å². The highest BCUT2D eigenvalue weighted by atomic mass is 35.5. The molecule has 0 aliphatic carbocycles. The van der Waals surface area contributed by atoms with Crippen LogP contribution in [0.5, 0.6) is 0 Å². The summed E-state index contributed by atoms with van der Waals surface area (Å²) in [6, 6.07) is 7.35. The van der Waals surface area contributed by atoms with Gasteiger partial charge in [0.1, 0.15) is 0 Å². The molecular formula is C16H18ClNO3. The van der Waals surface area contributed by atoms with Gasteiger partial charge in [0, 0.05) is 24.7 Å². The van der Waals surface area contributed by atoms with Gasteiger partial charge in [-0.1, -0.05) is 23.7 Å². The van der Waals surface area contributed by atoms with E-state index in [9.17, 15) is 9.59 Å². The van der Waals surface area contributed by atoms with Crippen molar-refractivity contribution in [1.82, 2.24) is 5.32 Å². The quantitative estimate of drug-likeness (QED) is 0.854. The van der Waals surface area contributed by atoms with Crippen molar-refractivity contribution in [3.63, 3.8) is 0 Å². The van der Waals surface area contributed by atoms with Crippen LogP contribution >= 0.6 is 11.6 Å². The number of nitrogens with one attached hydrogen (secondary N) is 1. The van der Waals surface area contributed by atoms with Gasteiger partial charge in [-0.25, -0.2) is 0 Å². The summed E-state index contributed by atoms with van der Waals surface area (Å²) in [5.74, 6) is -0.222. The van der Waals surface area contributed by atoms with Crippen LogP contribution in [-0.2, 0) is 14.3 Å². The van der Waals surface area contributed by atoms with Crippen molar-refractivity contribution in [3.8, 4) is 0 Å². The van der Waals surface area contributed by atoms with Crippen LogP contribution < -0.4 is 5.32 Å². The number of carbonyl (C=O) groups is 2.